The Balaban J connectivity index is 1.82. The largest absolute Gasteiger partial charge is 0.504 e. The Labute approximate surface area is 150 Å². The SMILES string of the molecule is CCOc1cc(/C=C2/SC(=S)N(N3CCOCC3)C2=O)ccc1O. The van der Waals surface area contributed by atoms with E-state index in [0.29, 0.717) is 47.9 Å². The minimum absolute atomic E-state index is 0.0786. The molecule has 0 bridgehead atoms. The van der Waals surface area contributed by atoms with Crippen LogP contribution in [0.2, 0.25) is 0 Å². The van der Waals surface area contributed by atoms with E-state index in [4.69, 9.17) is 21.7 Å². The fraction of sp³-hybridized carbons (Fsp3) is 0.375. The predicted octanol–water partition coefficient (Wildman–Crippen LogP) is 2.24. The molecule has 0 spiro atoms. The lowest BCUT2D eigenvalue weighted by Crippen LogP contribution is -2.50. The topological polar surface area (TPSA) is 62.2 Å². The molecule has 24 heavy (non-hydrogen) atoms. The van der Waals surface area contributed by atoms with E-state index in [-0.39, 0.29) is 11.7 Å². The van der Waals surface area contributed by atoms with Crippen LogP contribution in [0.25, 0.3) is 6.08 Å². The number of phenols is 1. The van der Waals surface area contributed by atoms with E-state index >= 15 is 0 Å². The molecular weight excluding hydrogens is 348 g/mol. The zero-order chi connectivity index (χ0) is 17.1. The van der Waals surface area contributed by atoms with Crippen molar-refractivity contribution in [3.63, 3.8) is 0 Å². The zero-order valence-electron chi connectivity index (χ0n) is 13.2. The number of amides is 1. The van der Waals surface area contributed by atoms with Gasteiger partial charge in [0.05, 0.1) is 24.7 Å². The molecule has 0 aliphatic carbocycles. The maximum absolute atomic E-state index is 12.7. The number of hydrogen-bond donors (Lipinski definition) is 1. The van der Waals surface area contributed by atoms with Gasteiger partial charge in [0.1, 0.15) is 0 Å². The van der Waals surface area contributed by atoms with Crippen molar-refractivity contribution in [3.8, 4) is 11.5 Å². The van der Waals surface area contributed by atoms with Gasteiger partial charge in [-0.3, -0.25) is 4.79 Å². The van der Waals surface area contributed by atoms with Gasteiger partial charge in [-0.25, -0.2) is 10.0 Å². The molecule has 0 atom stereocenters. The Morgan fingerprint density at radius 3 is 2.88 bits per heavy atom. The van der Waals surface area contributed by atoms with Crippen LogP contribution in [0.1, 0.15) is 12.5 Å². The number of hydrogen-bond acceptors (Lipinski definition) is 7. The number of benzene rings is 1. The van der Waals surface area contributed by atoms with Crippen molar-refractivity contribution in [1.82, 2.24) is 10.0 Å². The Bertz CT molecular complexity index is 687. The highest BCUT2D eigenvalue weighted by molar-refractivity contribution is 8.26. The summed E-state index contributed by atoms with van der Waals surface area (Å²) in [5, 5.41) is 13.2. The number of aromatic hydroxyl groups is 1. The van der Waals surface area contributed by atoms with Gasteiger partial charge in [-0.15, -0.1) is 0 Å². The third-order valence-electron chi connectivity index (χ3n) is 3.63. The number of carbonyl (C=O) groups excluding carboxylic acids is 1. The Hall–Kier alpha value is -1.61. The minimum Gasteiger partial charge on any atom is -0.504 e. The molecule has 128 valence electrons. The molecule has 8 heteroatoms. The van der Waals surface area contributed by atoms with Gasteiger partial charge < -0.3 is 14.6 Å². The lowest BCUT2D eigenvalue weighted by molar-refractivity contribution is -0.138. The Morgan fingerprint density at radius 1 is 1.42 bits per heavy atom. The molecule has 1 N–H and O–H groups in total. The number of morpholine rings is 1. The maximum atomic E-state index is 12.7. The van der Waals surface area contributed by atoms with Crippen molar-refractivity contribution < 1.29 is 19.4 Å². The van der Waals surface area contributed by atoms with E-state index in [9.17, 15) is 9.90 Å². The van der Waals surface area contributed by atoms with Crippen LogP contribution < -0.4 is 4.74 Å². The summed E-state index contributed by atoms with van der Waals surface area (Å²) in [6.07, 6.45) is 1.77. The Morgan fingerprint density at radius 2 is 2.17 bits per heavy atom. The van der Waals surface area contributed by atoms with Crippen molar-refractivity contribution in [2.24, 2.45) is 0 Å². The second-order valence-electron chi connectivity index (χ2n) is 5.22. The monoisotopic (exact) mass is 366 g/mol. The first-order valence-electron chi connectivity index (χ1n) is 7.66. The van der Waals surface area contributed by atoms with Crippen molar-refractivity contribution in [1.29, 1.82) is 0 Å². The quantitative estimate of drug-likeness (QED) is 0.648. The number of phenolic OH excluding ortho intramolecular Hbond substituents is 1. The minimum atomic E-state index is -0.127. The highest BCUT2D eigenvalue weighted by atomic mass is 32.2. The first kappa shape index (κ1) is 17.2. The fourth-order valence-electron chi connectivity index (χ4n) is 2.50. The van der Waals surface area contributed by atoms with Gasteiger partial charge in [0.25, 0.3) is 5.91 Å². The van der Waals surface area contributed by atoms with Crippen LogP contribution in [-0.4, -0.2) is 58.3 Å². The second-order valence-corrected chi connectivity index (χ2v) is 6.90. The number of thiocarbonyl (C=S) groups is 1. The van der Waals surface area contributed by atoms with E-state index in [0.717, 1.165) is 5.56 Å². The molecule has 2 heterocycles. The van der Waals surface area contributed by atoms with Crippen molar-refractivity contribution in [2.75, 3.05) is 32.9 Å². The van der Waals surface area contributed by atoms with Crippen LogP contribution in [0.4, 0.5) is 0 Å². The lowest BCUT2D eigenvalue weighted by Gasteiger charge is -2.33. The summed E-state index contributed by atoms with van der Waals surface area (Å²) in [5.41, 5.74) is 0.777. The molecule has 1 aromatic carbocycles. The van der Waals surface area contributed by atoms with Gasteiger partial charge in [0.15, 0.2) is 15.8 Å². The third-order valence-corrected chi connectivity index (χ3v) is 4.91. The molecule has 0 radical (unpaired) electrons. The molecular formula is C16H18N2O4S2. The van der Waals surface area contributed by atoms with Crippen molar-refractivity contribution >= 4 is 40.3 Å². The number of hydrazine groups is 1. The number of ether oxygens (including phenoxy) is 2. The van der Waals surface area contributed by atoms with Gasteiger partial charge >= 0.3 is 0 Å². The van der Waals surface area contributed by atoms with E-state index < -0.39 is 0 Å². The van der Waals surface area contributed by atoms with Gasteiger partial charge in [-0.05, 0) is 30.7 Å². The van der Waals surface area contributed by atoms with Crippen LogP contribution in [0.5, 0.6) is 11.5 Å². The van der Waals surface area contributed by atoms with Crippen LogP contribution in [0.15, 0.2) is 23.1 Å². The molecule has 2 fully saturated rings. The van der Waals surface area contributed by atoms with E-state index in [2.05, 4.69) is 0 Å². The predicted molar refractivity (Wildman–Crippen MR) is 96.7 cm³/mol. The summed E-state index contributed by atoms with van der Waals surface area (Å²) < 4.78 is 11.2. The standard InChI is InChI=1S/C16H18N2O4S2/c1-2-22-13-9-11(3-4-12(13)19)10-14-15(20)18(16(23)24-14)17-5-7-21-8-6-17/h3-4,9-10,19H,2,5-8H2,1H3/b14-10+. The number of thioether (sulfide) groups is 1. The third kappa shape index (κ3) is 3.56. The summed E-state index contributed by atoms with van der Waals surface area (Å²) in [5.74, 6) is 0.350. The van der Waals surface area contributed by atoms with Gasteiger partial charge in [-0.2, -0.15) is 0 Å². The van der Waals surface area contributed by atoms with Gasteiger partial charge in [0, 0.05) is 13.1 Å². The molecule has 3 rings (SSSR count). The normalized spacial score (nSPS) is 20.9. The van der Waals surface area contributed by atoms with Crippen LogP contribution in [0.3, 0.4) is 0 Å². The Kier molecular flexibility index (Phi) is 5.40. The second kappa shape index (κ2) is 7.52. The van der Waals surface area contributed by atoms with E-state index in [1.807, 2.05) is 11.9 Å². The lowest BCUT2D eigenvalue weighted by atomic mass is 10.2. The summed E-state index contributed by atoms with van der Waals surface area (Å²) >= 11 is 6.64. The molecule has 0 unspecified atom stereocenters. The summed E-state index contributed by atoms with van der Waals surface area (Å²) in [6, 6.07) is 5.00. The number of nitrogens with zero attached hydrogens (tertiary/aromatic N) is 2. The zero-order valence-corrected chi connectivity index (χ0v) is 14.9. The molecule has 2 aliphatic heterocycles. The van der Waals surface area contributed by atoms with Crippen molar-refractivity contribution in [2.45, 2.75) is 6.92 Å². The number of carbonyl (C=O) groups is 1. The molecule has 1 aromatic rings. The first-order chi connectivity index (χ1) is 11.6. The summed E-state index contributed by atoms with van der Waals surface area (Å²) in [7, 11) is 0. The highest BCUT2D eigenvalue weighted by Crippen LogP contribution is 2.35. The van der Waals surface area contributed by atoms with E-state index in [1.54, 1.807) is 29.3 Å². The fourth-order valence-corrected chi connectivity index (χ4v) is 3.81. The van der Waals surface area contributed by atoms with Gasteiger partial charge in [-0.1, -0.05) is 30.0 Å². The number of rotatable bonds is 4. The average Bonchev–Trinajstić information content (AvgIpc) is 2.85. The summed E-state index contributed by atoms with van der Waals surface area (Å²) in [4.78, 5) is 13.2. The summed E-state index contributed by atoms with van der Waals surface area (Å²) in [6.45, 7) is 4.77. The molecule has 0 saturated carbocycles. The maximum Gasteiger partial charge on any atom is 0.280 e. The van der Waals surface area contributed by atoms with Crippen LogP contribution in [0, 0.1) is 0 Å². The van der Waals surface area contributed by atoms with Crippen LogP contribution >= 0.6 is 24.0 Å². The average molecular weight is 366 g/mol. The highest BCUT2D eigenvalue weighted by Gasteiger charge is 2.36. The molecule has 2 saturated heterocycles. The van der Waals surface area contributed by atoms with Gasteiger partial charge in [0.2, 0.25) is 0 Å². The smallest absolute Gasteiger partial charge is 0.280 e. The van der Waals surface area contributed by atoms with E-state index in [1.165, 1.54) is 11.8 Å². The molecule has 1 amide bonds. The first-order valence-corrected chi connectivity index (χ1v) is 8.89. The van der Waals surface area contributed by atoms with Crippen molar-refractivity contribution in [3.05, 3.63) is 28.7 Å². The molecule has 6 nitrogen and oxygen atoms in total. The molecule has 2 aliphatic rings. The van der Waals surface area contributed by atoms with Crippen LogP contribution in [-0.2, 0) is 9.53 Å². The molecule has 0 aromatic heterocycles.